The van der Waals surface area contributed by atoms with Gasteiger partial charge in [-0.1, -0.05) is 13.8 Å². The lowest BCUT2D eigenvalue weighted by molar-refractivity contribution is -0.144. The maximum Gasteiger partial charge on any atom is 0.326 e. The fourth-order valence-corrected chi connectivity index (χ4v) is 2.43. The van der Waals surface area contributed by atoms with Gasteiger partial charge in [0.2, 0.25) is 11.8 Å². The predicted octanol–water partition coefficient (Wildman–Crippen LogP) is -0.167. The topological polar surface area (TPSA) is 107 Å². The first-order valence-corrected chi connectivity index (χ1v) is 7.29. The second kappa shape index (κ2) is 7.97. The average Bonchev–Trinajstić information content (AvgIpc) is 2.45. The zero-order chi connectivity index (χ0) is 16.0. The fourth-order valence-electron chi connectivity index (χ4n) is 2.43. The van der Waals surface area contributed by atoms with Gasteiger partial charge in [-0.05, 0) is 12.8 Å². The van der Waals surface area contributed by atoms with Crippen molar-refractivity contribution in [3.63, 3.8) is 0 Å². The Bertz CT molecular complexity index is 397. The normalized spacial score (nSPS) is 20.2. The Morgan fingerprint density at radius 1 is 1.33 bits per heavy atom. The van der Waals surface area contributed by atoms with Crippen molar-refractivity contribution >= 4 is 17.8 Å². The number of aliphatic carboxylic acids is 1. The van der Waals surface area contributed by atoms with Crippen molar-refractivity contribution < 1.29 is 24.6 Å². The molecule has 21 heavy (non-hydrogen) atoms. The molecule has 2 amide bonds. The molecule has 1 saturated heterocycles. The SMILES string of the molecule is CC(C)C(=O)N1CCCC(C(=O)NC(CCO)C(=O)O)C1. The van der Waals surface area contributed by atoms with E-state index in [-0.39, 0.29) is 36.7 Å². The highest BCUT2D eigenvalue weighted by Gasteiger charge is 2.31. The van der Waals surface area contributed by atoms with E-state index < -0.39 is 12.0 Å². The minimum Gasteiger partial charge on any atom is -0.480 e. The molecule has 0 radical (unpaired) electrons. The number of hydrogen-bond donors (Lipinski definition) is 3. The van der Waals surface area contributed by atoms with E-state index in [1.165, 1.54) is 0 Å². The molecule has 1 aliphatic rings. The molecule has 0 aliphatic carbocycles. The highest BCUT2D eigenvalue weighted by molar-refractivity contribution is 5.86. The second-order valence-electron chi connectivity index (χ2n) is 5.69. The number of aliphatic hydroxyl groups is 1. The van der Waals surface area contributed by atoms with Crippen molar-refractivity contribution in [2.75, 3.05) is 19.7 Å². The minimum atomic E-state index is -1.16. The third kappa shape index (κ3) is 5.00. The molecule has 0 aromatic heterocycles. The summed E-state index contributed by atoms with van der Waals surface area (Å²) in [4.78, 5) is 36.7. The first-order valence-electron chi connectivity index (χ1n) is 7.29. The maximum absolute atomic E-state index is 12.1. The first kappa shape index (κ1) is 17.4. The van der Waals surface area contributed by atoms with Gasteiger partial charge in [-0.3, -0.25) is 9.59 Å². The van der Waals surface area contributed by atoms with E-state index in [9.17, 15) is 14.4 Å². The van der Waals surface area contributed by atoms with E-state index in [0.717, 1.165) is 6.42 Å². The van der Waals surface area contributed by atoms with E-state index in [2.05, 4.69) is 5.32 Å². The summed E-state index contributed by atoms with van der Waals surface area (Å²) in [6.45, 7) is 4.29. The summed E-state index contributed by atoms with van der Waals surface area (Å²) >= 11 is 0. The van der Waals surface area contributed by atoms with Crippen LogP contribution in [0, 0.1) is 11.8 Å². The van der Waals surface area contributed by atoms with E-state index in [1.54, 1.807) is 4.90 Å². The molecule has 0 aromatic rings. The van der Waals surface area contributed by atoms with E-state index in [4.69, 9.17) is 10.2 Å². The quantitative estimate of drug-likeness (QED) is 0.631. The van der Waals surface area contributed by atoms with Crippen LogP contribution in [-0.2, 0) is 14.4 Å². The number of nitrogens with one attached hydrogen (secondary N) is 1. The molecule has 1 rings (SSSR count). The zero-order valence-corrected chi connectivity index (χ0v) is 12.5. The van der Waals surface area contributed by atoms with Gasteiger partial charge in [0.15, 0.2) is 0 Å². The summed E-state index contributed by atoms with van der Waals surface area (Å²) in [5, 5.41) is 20.2. The molecule has 1 fully saturated rings. The van der Waals surface area contributed by atoms with Gasteiger partial charge in [0.1, 0.15) is 6.04 Å². The molecular formula is C14H24N2O5. The zero-order valence-electron chi connectivity index (χ0n) is 12.5. The van der Waals surface area contributed by atoms with Gasteiger partial charge >= 0.3 is 5.97 Å². The molecule has 0 spiro atoms. The number of carboxylic acid groups (broad SMARTS) is 1. The number of piperidine rings is 1. The molecule has 0 saturated carbocycles. The Morgan fingerprint density at radius 3 is 2.52 bits per heavy atom. The van der Waals surface area contributed by atoms with Crippen LogP contribution in [-0.4, -0.2) is 58.6 Å². The lowest BCUT2D eigenvalue weighted by Crippen LogP contribution is -2.50. The van der Waals surface area contributed by atoms with Crippen molar-refractivity contribution in [1.82, 2.24) is 10.2 Å². The number of carbonyl (C=O) groups is 3. The standard InChI is InChI=1S/C14H24N2O5/c1-9(2)13(19)16-6-3-4-10(8-16)12(18)15-11(5-7-17)14(20)21/h9-11,17H,3-8H2,1-2H3,(H,15,18)(H,20,21). The molecule has 1 aliphatic heterocycles. The molecule has 7 nitrogen and oxygen atoms in total. The summed E-state index contributed by atoms with van der Waals surface area (Å²) < 4.78 is 0. The third-order valence-electron chi connectivity index (χ3n) is 3.63. The van der Waals surface area contributed by atoms with Crippen molar-refractivity contribution in [3.05, 3.63) is 0 Å². The van der Waals surface area contributed by atoms with Gasteiger partial charge in [-0.2, -0.15) is 0 Å². The van der Waals surface area contributed by atoms with Crippen LogP contribution in [0.4, 0.5) is 0 Å². The van der Waals surface area contributed by atoms with Gasteiger partial charge in [0.25, 0.3) is 0 Å². The number of amides is 2. The highest BCUT2D eigenvalue weighted by atomic mass is 16.4. The van der Waals surface area contributed by atoms with Crippen LogP contribution >= 0.6 is 0 Å². The van der Waals surface area contributed by atoms with Gasteiger partial charge < -0.3 is 20.4 Å². The molecule has 2 unspecified atom stereocenters. The molecule has 120 valence electrons. The summed E-state index contributed by atoms with van der Waals surface area (Å²) in [7, 11) is 0. The largest absolute Gasteiger partial charge is 0.480 e. The van der Waals surface area contributed by atoms with Crippen molar-refractivity contribution in [3.8, 4) is 0 Å². The fraction of sp³-hybridized carbons (Fsp3) is 0.786. The van der Waals surface area contributed by atoms with Gasteiger partial charge in [0, 0.05) is 32.0 Å². The number of hydrogen-bond acceptors (Lipinski definition) is 4. The van der Waals surface area contributed by atoms with Gasteiger partial charge in [0.05, 0.1) is 5.92 Å². The summed E-state index contributed by atoms with van der Waals surface area (Å²) in [6, 6.07) is -1.08. The predicted molar refractivity (Wildman–Crippen MR) is 75.4 cm³/mol. The highest BCUT2D eigenvalue weighted by Crippen LogP contribution is 2.18. The number of aliphatic hydroxyl groups excluding tert-OH is 1. The van der Waals surface area contributed by atoms with Crippen LogP contribution in [0.5, 0.6) is 0 Å². The molecular weight excluding hydrogens is 276 g/mol. The molecule has 1 heterocycles. The van der Waals surface area contributed by atoms with Gasteiger partial charge in [-0.15, -0.1) is 0 Å². The second-order valence-corrected chi connectivity index (χ2v) is 5.69. The molecule has 7 heteroatoms. The van der Waals surface area contributed by atoms with Crippen LogP contribution in [0.2, 0.25) is 0 Å². The van der Waals surface area contributed by atoms with Crippen LogP contribution in [0.3, 0.4) is 0 Å². The van der Waals surface area contributed by atoms with Crippen LogP contribution in [0.15, 0.2) is 0 Å². The van der Waals surface area contributed by atoms with E-state index >= 15 is 0 Å². The monoisotopic (exact) mass is 300 g/mol. The summed E-state index contributed by atoms with van der Waals surface area (Å²) in [5.41, 5.74) is 0. The average molecular weight is 300 g/mol. The number of likely N-dealkylation sites (tertiary alicyclic amines) is 1. The molecule has 2 atom stereocenters. The Kier molecular flexibility index (Phi) is 6.61. The van der Waals surface area contributed by atoms with Crippen molar-refractivity contribution in [1.29, 1.82) is 0 Å². The molecule has 0 aromatic carbocycles. The van der Waals surface area contributed by atoms with Crippen molar-refractivity contribution in [2.24, 2.45) is 11.8 Å². The third-order valence-corrected chi connectivity index (χ3v) is 3.63. The smallest absolute Gasteiger partial charge is 0.326 e. The number of carboxylic acids is 1. The minimum absolute atomic E-state index is 0.0117. The molecule has 3 N–H and O–H groups in total. The number of rotatable bonds is 6. The Labute approximate surface area is 124 Å². The number of nitrogens with zero attached hydrogens (tertiary/aromatic N) is 1. The van der Waals surface area contributed by atoms with Gasteiger partial charge in [-0.25, -0.2) is 4.79 Å². The van der Waals surface area contributed by atoms with E-state index in [1.807, 2.05) is 13.8 Å². The lowest BCUT2D eigenvalue weighted by Gasteiger charge is -2.33. The number of carbonyl (C=O) groups excluding carboxylic acids is 2. The van der Waals surface area contributed by atoms with Crippen LogP contribution < -0.4 is 5.32 Å². The summed E-state index contributed by atoms with van der Waals surface area (Å²) in [6.07, 6.45) is 1.34. The maximum atomic E-state index is 12.1. The van der Waals surface area contributed by atoms with Crippen LogP contribution in [0.25, 0.3) is 0 Å². The Hall–Kier alpha value is -1.63. The lowest BCUT2D eigenvalue weighted by atomic mass is 9.95. The van der Waals surface area contributed by atoms with Crippen molar-refractivity contribution in [2.45, 2.75) is 39.2 Å². The summed E-state index contributed by atoms with van der Waals surface area (Å²) in [5.74, 6) is -2.02. The Morgan fingerprint density at radius 2 is 2.00 bits per heavy atom. The molecule has 0 bridgehead atoms. The first-order chi connectivity index (χ1) is 9.86. The van der Waals surface area contributed by atoms with Crippen LogP contribution in [0.1, 0.15) is 33.1 Å². The van der Waals surface area contributed by atoms with E-state index in [0.29, 0.717) is 19.5 Å². The Balaban J connectivity index is 2.61.